The molecule has 0 spiro atoms. The highest BCUT2D eigenvalue weighted by atomic mass is 15.2. The van der Waals surface area contributed by atoms with Crippen LogP contribution in [0.15, 0.2) is 0 Å². The Morgan fingerprint density at radius 1 is 1.17 bits per heavy atom. The van der Waals surface area contributed by atoms with Gasteiger partial charge in [0, 0.05) is 18.6 Å². The molecule has 1 saturated carbocycles. The van der Waals surface area contributed by atoms with E-state index in [0.717, 1.165) is 11.8 Å². The maximum atomic E-state index is 6.47. The Kier molecular flexibility index (Phi) is 4.38. The van der Waals surface area contributed by atoms with E-state index in [1.165, 1.54) is 45.2 Å². The Labute approximate surface area is 113 Å². The molecule has 2 aliphatic rings. The second-order valence-electron chi connectivity index (χ2n) is 7.14. The summed E-state index contributed by atoms with van der Waals surface area (Å²) in [4.78, 5) is 2.73. The minimum absolute atomic E-state index is 0.397. The zero-order valence-corrected chi connectivity index (χ0v) is 12.8. The van der Waals surface area contributed by atoms with Crippen LogP contribution in [0.4, 0.5) is 0 Å². The molecule has 18 heavy (non-hydrogen) atoms. The molecule has 0 aromatic rings. The fraction of sp³-hybridized carbons (Fsp3) is 1.00. The van der Waals surface area contributed by atoms with Crippen LogP contribution in [0.2, 0.25) is 0 Å². The third-order valence-corrected chi connectivity index (χ3v) is 5.86. The molecule has 0 aromatic carbocycles. The molecule has 1 aliphatic carbocycles. The van der Waals surface area contributed by atoms with Crippen LogP contribution in [0, 0.1) is 17.3 Å². The van der Waals surface area contributed by atoms with Crippen molar-refractivity contribution in [2.24, 2.45) is 23.0 Å². The van der Waals surface area contributed by atoms with Crippen molar-refractivity contribution in [1.29, 1.82) is 0 Å². The third-order valence-electron chi connectivity index (χ3n) is 5.86. The van der Waals surface area contributed by atoms with E-state index in [4.69, 9.17) is 5.73 Å². The number of hydrogen-bond acceptors (Lipinski definition) is 2. The highest BCUT2D eigenvalue weighted by molar-refractivity contribution is 4.98. The van der Waals surface area contributed by atoms with Crippen molar-refractivity contribution in [3.63, 3.8) is 0 Å². The Balaban J connectivity index is 2.04. The summed E-state index contributed by atoms with van der Waals surface area (Å²) in [7, 11) is 0. The molecule has 2 heteroatoms. The summed E-state index contributed by atoms with van der Waals surface area (Å²) < 4.78 is 0. The molecule has 4 unspecified atom stereocenters. The van der Waals surface area contributed by atoms with Crippen molar-refractivity contribution in [3.8, 4) is 0 Å². The molecule has 4 atom stereocenters. The first kappa shape index (κ1) is 14.3. The van der Waals surface area contributed by atoms with Crippen LogP contribution in [0.3, 0.4) is 0 Å². The molecule has 0 radical (unpaired) electrons. The first-order chi connectivity index (χ1) is 8.51. The van der Waals surface area contributed by atoms with Gasteiger partial charge in [-0.1, -0.05) is 27.7 Å². The molecule has 2 N–H and O–H groups in total. The second kappa shape index (κ2) is 5.50. The molecule has 0 aromatic heterocycles. The molecule has 2 rings (SSSR count). The minimum atomic E-state index is 0.397. The van der Waals surface area contributed by atoms with Crippen LogP contribution in [0.5, 0.6) is 0 Å². The average Bonchev–Trinajstić information content (AvgIpc) is 2.73. The fourth-order valence-corrected chi connectivity index (χ4v) is 4.58. The van der Waals surface area contributed by atoms with Crippen molar-refractivity contribution >= 4 is 0 Å². The van der Waals surface area contributed by atoms with Crippen LogP contribution >= 0.6 is 0 Å². The largest absolute Gasteiger partial charge is 0.326 e. The van der Waals surface area contributed by atoms with E-state index in [2.05, 4.69) is 32.6 Å². The fourth-order valence-electron chi connectivity index (χ4n) is 4.58. The lowest BCUT2D eigenvalue weighted by Gasteiger charge is -2.43. The molecular weight excluding hydrogens is 220 g/mol. The molecule has 106 valence electrons. The Hall–Kier alpha value is -0.0800. The Bertz CT molecular complexity index is 260. The molecule has 0 bridgehead atoms. The average molecular weight is 252 g/mol. The summed E-state index contributed by atoms with van der Waals surface area (Å²) >= 11 is 0. The topological polar surface area (TPSA) is 29.3 Å². The summed E-state index contributed by atoms with van der Waals surface area (Å²) in [6, 6.07) is 1.04. The standard InChI is InChI=1S/C16H32N2/c1-5-16(6-2)7-8-18(11-16)15-13(4)9-12(3)10-14(15)17/h12-15H,5-11,17H2,1-4H3. The van der Waals surface area contributed by atoms with Gasteiger partial charge in [0.25, 0.3) is 0 Å². The van der Waals surface area contributed by atoms with Gasteiger partial charge in [0.2, 0.25) is 0 Å². The maximum absolute atomic E-state index is 6.47. The SMILES string of the molecule is CCC1(CC)CCN(C2C(C)CC(C)CC2N)C1. The molecule has 1 aliphatic heterocycles. The quantitative estimate of drug-likeness (QED) is 0.835. The van der Waals surface area contributed by atoms with Crippen LogP contribution in [-0.4, -0.2) is 30.1 Å². The molecule has 1 saturated heterocycles. The van der Waals surface area contributed by atoms with Gasteiger partial charge >= 0.3 is 0 Å². The predicted octanol–water partition coefficient (Wildman–Crippen LogP) is 3.26. The van der Waals surface area contributed by atoms with Gasteiger partial charge in [-0.25, -0.2) is 0 Å². The summed E-state index contributed by atoms with van der Waals surface area (Å²) in [5, 5.41) is 0. The normalized spacial score (nSPS) is 41.2. The molecule has 2 nitrogen and oxygen atoms in total. The van der Waals surface area contributed by atoms with Crippen molar-refractivity contribution in [2.75, 3.05) is 13.1 Å². The molecular formula is C16H32N2. The van der Waals surface area contributed by atoms with Crippen molar-refractivity contribution < 1.29 is 0 Å². The van der Waals surface area contributed by atoms with Crippen LogP contribution in [0.25, 0.3) is 0 Å². The van der Waals surface area contributed by atoms with Gasteiger partial charge in [-0.3, -0.25) is 4.90 Å². The monoisotopic (exact) mass is 252 g/mol. The lowest BCUT2D eigenvalue weighted by atomic mass is 9.76. The third kappa shape index (κ3) is 2.60. The van der Waals surface area contributed by atoms with Crippen LogP contribution < -0.4 is 5.73 Å². The molecule has 2 fully saturated rings. The second-order valence-corrected chi connectivity index (χ2v) is 7.14. The summed E-state index contributed by atoms with van der Waals surface area (Å²) in [6.07, 6.45) is 6.61. The number of nitrogens with two attached hydrogens (primary N) is 1. The highest BCUT2D eigenvalue weighted by Gasteiger charge is 2.42. The van der Waals surface area contributed by atoms with E-state index in [1.54, 1.807) is 0 Å². The smallest absolute Gasteiger partial charge is 0.0273 e. The Morgan fingerprint density at radius 2 is 1.83 bits per heavy atom. The van der Waals surface area contributed by atoms with E-state index in [-0.39, 0.29) is 0 Å². The van der Waals surface area contributed by atoms with E-state index in [0.29, 0.717) is 17.5 Å². The lowest BCUT2D eigenvalue weighted by molar-refractivity contribution is 0.0824. The maximum Gasteiger partial charge on any atom is 0.0273 e. The minimum Gasteiger partial charge on any atom is -0.326 e. The summed E-state index contributed by atoms with van der Waals surface area (Å²) in [6.45, 7) is 12.1. The zero-order chi connectivity index (χ0) is 13.3. The van der Waals surface area contributed by atoms with E-state index >= 15 is 0 Å². The van der Waals surface area contributed by atoms with Gasteiger partial charge in [0.05, 0.1) is 0 Å². The Morgan fingerprint density at radius 3 is 2.33 bits per heavy atom. The first-order valence-corrected chi connectivity index (χ1v) is 8.01. The number of likely N-dealkylation sites (tertiary alicyclic amines) is 1. The van der Waals surface area contributed by atoms with Crippen molar-refractivity contribution in [3.05, 3.63) is 0 Å². The first-order valence-electron chi connectivity index (χ1n) is 8.01. The predicted molar refractivity (Wildman–Crippen MR) is 78.5 cm³/mol. The van der Waals surface area contributed by atoms with Gasteiger partial charge < -0.3 is 5.73 Å². The van der Waals surface area contributed by atoms with E-state index < -0.39 is 0 Å². The van der Waals surface area contributed by atoms with Gasteiger partial charge in [-0.15, -0.1) is 0 Å². The van der Waals surface area contributed by atoms with E-state index in [1.807, 2.05) is 0 Å². The molecule has 1 heterocycles. The van der Waals surface area contributed by atoms with Gasteiger partial charge in [0.1, 0.15) is 0 Å². The van der Waals surface area contributed by atoms with Crippen molar-refractivity contribution in [2.45, 2.75) is 71.9 Å². The van der Waals surface area contributed by atoms with Gasteiger partial charge in [0.15, 0.2) is 0 Å². The number of hydrogen-bond donors (Lipinski definition) is 1. The number of rotatable bonds is 3. The lowest BCUT2D eigenvalue weighted by Crippen LogP contribution is -2.54. The number of nitrogens with zero attached hydrogens (tertiary/aromatic N) is 1. The van der Waals surface area contributed by atoms with E-state index in [9.17, 15) is 0 Å². The highest BCUT2D eigenvalue weighted by Crippen LogP contribution is 2.41. The van der Waals surface area contributed by atoms with Gasteiger partial charge in [-0.2, -0.15) is 0 Å². The van der Waals surface area contributed by atoms with Crippen LogP contribution in [-0.2, 0) is 0 Å². The van der Waals surface area contributed by atoms with Crippen LogP contribution in [0.1, 0.15) is 59.8 Å². The van der Waals surface area contributed by atoms with Gasteiger partial charge in [-0.05, 0) is 55.9 Å². The summed E-state index contributed by atoms with van der Waals surface area (Å²) in [5.41, 5.74) is 7.06. The summed E-state index contributed by atoms with van der Waals surface area (Å²) in [5.74, 6) is 1.59. The zero-order valence-electron chi connectivity index (χ0n) is 12.8. The van der Waals surface area contributed by atoms with Crippen molar-refractivity contribution in [1.82, 2.24) is 4.90 Å². The molecule has 0 amide bonds.